The monoisotopic (exact) mass is 301 g/mol. The van der Waals surface area contributed by atoms with E-state index in [0.717, 1.165) is 18.3 Å². The van der Waals surface area contributed by atoms with Gasteiger partial charge >= 0.3 is 6.18 Å². The summed E-state index contributed by atoms with van der Waals surface area (Å²) in [5.41, 5.74) is -0.917. The molecule has 1 aromatic rings. The Hall–Kier alpha value is -2.12. The van der Waals surface area contributed by atoms with Gasteiger partial charge in [0.25, 0.3) is 5.91 Å². The molecule has 2 amide bonds. The lowest BCUT2D eigenvalue weighted by molar-refractivity contribution is -0.141. The molecule has 0 aliphatic carbocycles. The molecule has 0 aromatic carbocycles. The van der Waals surface area contributed by atoms with Crippen molar-refractivity contribution in [2.24, 2.45) is 0 Å². The van der Waals surface area contributed by atoms with Crippen LogP contribution in [0.15, 0.2) is 18.3 Å². The predicted molar refractivity (Wildman–Crippen MR) is 67.4 cm³/mol. The number of piperazine rings is 1. The van der Waals surface area contributed by atoms with Crippen molar-refractivity contribution in [3.05, 3.63) is 29.6 Å². The third kappa shape index (κ3) is 3.50. The van der Waals surface area contributed by atoms with Crippen LogP contribution in [0.3, 0.4) is 0 Å². The Bertz CT molecular complexity index is 535. The Morgan fingerprint density at radius 3 is 2.10 bits per heavy atom. The fourth-order valence-electron chi connectivity index (χ4n) is 2.10. The van der Waals surface area contributed by atoms with Crippen LogP contribution in [0, 0.1) is 0 Å². The molecule has 1 aliphatic heterocycles. The lowest BCUT2D eigenvalue weighted by atomic mass is 10.2. The quantitative estimate of drug-likeness (QED) is 0.788. The molecule has 0 saturated carbocycles. The number of carbonyl (C=O) groups is 2. The molecule has 0 N–H and O–H groups in total. The largest absolute Gasteiger partial charge is 0.433 e. The number of nitrogens with zero attached hydrogens (tertiary/aromatic N) is 3. The molecule has 1 aromatic heterocycles. The van der Waals surface area contributed by atoms with E-state index >= 15 is 0 Å². The highest BCUT2D eigenvalue weighted by Crippen LogP contribution is 2.27. The van der Waals surface area contributed by atoms with Gasteiger partial charge in [0.05, 0.1) is 5.56 Å². The number of hydrogen-bond acceptors (Lipinski definition) is 3. The zero-order chi connectivity index (χ0) is 15.6. The smallest absolute Gasteiger partial charge is 0.339 e. The summed E-state index contributed by atoms with van der Waals surface area (Å²) in [6.45, 7) is 3.03. The van der Waals surface area contributed by atoms with Crippen molar-refractivity contribution in [2.45, 2.75) is 13.1 Å². The molecule has 21 heavy (non-hydrogen) atoms. The Morgan fingerprint density at radius 2 is 1.67 bits per heavy atom. The van der Waals surface area contributed by atoms with Crippen LogP contribution in [0.1, 0.15) is 23.0 Å². The van der Waals surface area contributed by atoms with Crippen LogP contribution >= 0.6 is 0 Å². The topological polar surface area (TPSA) is 53.5 Å². The summed E-state index contributed by atoms with van der Waals surface area (Å²) in [7, 11) is 0. The van der Waals surface area contributed by atoms with Gasteiger partial charge in [-0.05, 0) is 12.1 Å². The third-order valence-corrected chi connectivity index (χ3v) is 3.31. The maximum Gasteiger partial charge on any atom is 0.433 e. The van der Waals surface area contributed by atoms with Crippen LogP contribution < -0.4 is 0 Å². The molecule has 8 heteroatoms. The van der Waals surface area contributed by atoms with Gasteiger partial charge in [-0.15, -0.1) is 0 Å². The van der Waals surface area contributed by atoms with Crippen molar-refractivity contribution >= 4 is 11.8 Å². The Balaban J connectivity index is 2.03. The molecule has 114 valence electrons. The van der Waals surface area contributed by atoms with Gasteiger partial charge in [0, 0.05) is 39.3 Å². The number of amides is 2. The molecule has 1 fully saturated rings. The van der Waals surface area contributed by atoms with Crippen LogP contribution in [0.5, 0.6) is 0 Å². The van der Waals surface area contributed by atoms with Gasteiger partial charge in [-0.1, -0.05) is 0 Å². The first kappa shape index (κ1) is 15.3. The highest BCUT2D eigenvalue weighted by molar-refractivity contribution is 5.94. The molecule has 2 rings (SSSR count). The molecule has 0 atom stereocenters. The highest BCUT2D eigenvalue weighted by Gasteiger charge is 2.32. The number of alkyl halides is 3. The lowest BCUT2D eigenvalue weighted by Crippen LogP contribution is -2.50. The van der Waals surface area contributed by atoms with E-state index in [1.807, 2.05) is 0 Å². The highest BCUT2D eigenvalue weighted by atomic mass is 19.4. The van der Waals surface area contributed by atoms with Crippen LogP contribution in [0.25, 0.3) is 0 Å². The second-order valence-electron chi connectivity index (χ2n) is 4.73. The zero-order valence-corrected chi connectivity index (χ0v) is 11.4. The molecule has 5 nitrogen and oxygen atoms in total. The average molecular weight is 301 g/mol. The van der Waals surface area contributed by atoms with Crippen molar-refractivity contribution in [3.63, 3.8) is 0 Å². The fraction of sp³-hybridized carbons (Fsp3) is 0.462. The van der Waals surface area contributed by atoms with Crippen molar-refractivity contribution in [2.75, 3.05) is 26.2 Å². The molecule has 0 bridgehead atoms. The number of carbonyl (C=O) groups excluding carboxylic acids is 2. The van der Waals surface area contributed by atoms with E-state index in [4.69, 9.17) is 0 Å². The van der Waals surface area contributed by atoms with E-state index < -0.39 is 11.9 Å². The normalized spacial score (nSPS) is 16.0. The van der Waals surface area contributed by atoms with Gasteiger partial charge in [0.1, 0.15) is 5.69 Å². The van der Waals surface area contributed by atoms with Crippen LogP contribution in [-0.4, -0.2) is 52.8 Å². The van der Waals surface area contributed by atoms with E-state index in [9.17, 15) is 22.8 Å². The number of hydrogen-bond donors (Lipinski definition) is 0. The number of halogens is 3. The van der Waals surface area contributed by atoms with E-state index in [2.05, 4.69) is 4.98 Å². The molecule has 2 heterocycles. The van der Waals surface area contributed by atoms with Gasteiger partial charge in [0.2, 0.25) is 5.91 Å². The van der Waals surface area contributed by atoms with Gasteiger partial charge < -0.3 is 9.80 Å². The van der Waals surface area contributed by atoms with Crippen LogP contribution in [0.4, 0.5) is 13.2 Å². The average Bonchev–Trinajstić information content (AvgIpc) is 2.46. The first-order valence-electron chi connectivity index (χ1n) is 6.37. The van der Waals surface area contributed by atoms with Crippen molar-refractivity contribution in [1.29, 1.82) is 0 Å². The molecule has 0 spiro atoms. The molecule has 1 aliphatic rings. The first-order chi connectivity index (χ1) is 9.79. The minimum atomic E-state index is -4.52. The maximum atomic E-state index is 12.4. The summed E-state index contributed by atoms with van der Waals surface area (Å²) >= 11 is 0. The lowest BCUT2D eigenvalue weighted by Gasteiger charge is -2.34. The molecule has 1 saturated heterocycles. The molecular weight excluding hydrogens is 287 g/mol. The van der Waals surface area contributed by atoms with Crippen molar-refractivity contribution in [1.82, 2.24) is 14.8 Å². The van der Waals surface area contributed by atoms with E-state index in [0.29, 0.717) is 26.2 Å². The fourth-order valence-corrected chi connectivity index (χ4v) is 2.10. The second-order valence-corrected chi connectivity index (χ2v) is 4.73. The standard InChI is InChI=1S/C13H14F3N3O2/c1-9(20)18-4-6-19(7-5-18)12(21)10-2-3-11(17-8-10)13(14,15)16/h2-3,8H,4-7H2,1H3. The summed E-state index contributed by atoms with van der Waals surface area (Å²) in [4.78, 5) is 29.7. The zero-order valence-electron chi connectivity index (χ0n) is 11.4. The first-order valence-corrected chi connectivity index (χ1v) is 6.37. The van der Waals surface area contributed by atoms with Gasteiger partial charge in [-0.25, -0.2) is 0 Å². The van der Waals surface area contributed by atoms with Crippen LogP contribution in [0.2, 0.25) is 0 Å². The predicted octanol–water partition coefficient (Wildman–Crippen LogP) is 1.40. The third-order valence-electron chi connectivity index (χ3n) is 3.31. The summed E-state index contributed by atoms with van der Waals surface area (Å²) < 4.78 is 37.2. The van der Waals surface area contributed by atoms with Gasteiger partial charge in [-0.3, -0.25) is 14.6 Å². The number of aromatic nitrogens is 1. The summed E-state index contributed by atoms with van der Waals surface area (Å²) in [5, 5.41) is 0. The summed E-state index contributed by atoms with van der Waals surface area (Å²) in [6, 6.07) is 1.91. The number of pyridine rings is 1. The Labute approximate surface area is 119 Å². The minimum absolute atomic E-state index is 0.0571. The SMILES string of the molecule is CC(=O)N1CCN(C(=O)c2ccc(C(F)(F)F)nc2)CC1. The summed E-state index contributed by atoms with van der Waals surface area (Å²) in [6.07, 6.45) is -3.59. The van der Waals surface area contributed by atoms with E-state index in [1.54, 1.807) is 4.90 Å². The Kier molecular flexibility index (Phi) is 4.15. The van der Waals surface area contributed by atoms with Gasteiger partial charge in [-0.2, -0.15) is 13.2 Å². The number of rotatable bonds is 1. The van der Waals surface area contributed by atoms with Crippen LogP contribution in [-0.2, 0) is 11.0 Å². The maximum absolute atomic E-state index is 12.4. The van der Waals surface area contributed by atoms with Crippen molar-refractivity contribution in [3.8, 4) is 0 Å². The minimum Gasteiger partial charge on any atom is -0.339 e. The second kappa shape index (κ2) is 5.71. The van der Waals surface area contributed by atoms with E-state index in [-0.39, 0.29) is 17.4 Å². The molecule has 0 unspecified atom stereocenters. The van der Waals surface area contributed by atoms with Crippen molar-refractivity contribution < 1.29 is 22.8 Å². The summed E-state index contributed by atoms with van der Waals surface area (Å²) in [5.74, 6) is -0.433. The molecule has 0 radical (unpaired) electrons. The molecular formula is C13H14F3N3O2. The Morgan fingerprint density at radius 1 is 1.10 bits per heavy atom. The van der Waals surface area contributed by atoms with Gasteiger partial charge in [0.15, 0.2) is 0 Å². The van der Waals surface area contributed by atoms with E-state index in [1.165, 1.54) is 11.8 Å².